The monoisotopic (exact) mass is 460 g/mol. The van der Waals surface area contributed by atoms with Crippen molar-refractivity contribution in [1.29, 1.82) is 0 Å². The highest BCUT2D eigenvalue weighted by atomic mass is 16.5. The first-order valence-corrected chi connectivity index (χ1v) is 11.8. The van der Waals surface area contributed by atoms with Crippen LogP contribution in [-0.4, -0.2) is 18.5 Å². The summed E-state index contributed by atoms with van der Waals surface area (Å²) in [7, 11) is 0. The fraction of sp³-hybridized carbons (Fsp3) is 0.310. The lowest BCUT2D eigenvalue weighted by atomic mass is 10.0. The fourth-order valence-electron chi connectivity index (χ4n) is 3.45. The van der Waals surface area contributed by atoms with Crippen LogP contribution in [0.1, 0.15) is 49.3 Å². The Morgan fingerprint density at radius 1 is 0.676 bits per heavy atom. The van der Waals surface area contributed by atoms with Gasteiger partial charge in [-0.15, -0.1) is 0 Å². The second kappa shape index (κ2) is 13.8. The summed E-state index contributed by atoms with van der Waals surface area (Å²) < 4.78 is 16.1. The van der Waals surface area contributed by atoms with Crippen molar-refractivity contribution >= 4 is 11.9 Å². The van der Waals surface area contributed by atoms with Gasteiger partial charge in [0, 0.05) is 13.3 Å². The molecule has 34 heavy (non-hydrogen) atoms. The maximum Gasteiger partial charge on any atom is 0.311 e. The third-order valence-corrected chi connectivity index (χ3v) is 5.36. The maximum absolute atomic E-state index is 12.0. The van der Waals surface area contributed by atoms with Crippen LogP contribution in [0.5, 0.6) is 11.5 Å². The van der Waals surface area contributed by atoms with Crippen molar-refractivity contribution in [3.8, 4) is 11.5 Å². The fourth-order valence-corrected chi connectivity index (χ4v) is 3.45. The van der Waals surface area contributed by atoms with Gasteiger partial charge in [-0.1, -0.05) is 54.6 Å². The van der Waals surface area contributed by atoms with E-state index in [9.17, 15) is 9.59 Å². The van der Waals surface area contributed by atoms with Crippen molar-refractivity contribution in [1.82, 2.24) is 0 Å². The molecular weight excluding hydrogens is 428 g/mol. The van der Waals surface area contributed by atoms with Crippen LogP contribution < -0.4 is 9.47 Å². The minimum Gasteiger partial charge on any atom is -0.489 e. The molecule has 0 bridgehead atoms. The Labute approximate surface area is 201 Å². The van der Waals surface area contributed by atoms with E-state index < -0.39 is 0 Å². The van der Waals surface area contributed by atoms with Gasteiger partial charge in [-0.25, -0.2) is 0 Å². The highest BCUT2D eigenvalue weighted by Gasteiger charge is 2.06. The van der Waals surface area contributed by atoms with E-state index in [4.69, 9.17) is 14.2 Å². The SMILES string of the molecule is CC(=O)OCCCCCC(=O)Oc1ccc(CCc2ccc(OCc3ccccc3)cc2)cc1. The van der Waals surface area contributed by atoms with Gasteiger partial charge in [0.2, 0.25) is 0 Å². The van der Waals surface area contributed by atoms with Crippen LogP contribution >= 0.6 is 0 Å². The number of carbonyl (C=O) groups excluding carboxylic acids is 2. The molecule has 0 saturated carbocycles. The number of rotatable bonds is 13. The number of ether oxygens (including phenoxy) is 3. The van der Waals surface area contributed by atoms with E-state index in [-0.39, 0.29) is 11.9 Å². The normalized spacial score (nSPS) is 10.5. The molecule has 0 N–H and O–H groups in total. The van der Waals surface area contributed by atoms with Crippen LogP contribution in [0.25, 0.3) is 0 Å². The van der Waals surface area contributed by atoms with Crippen LogP contribution in [0.4, 0.5) is 0 Å². The predicted octanol–water partition coefficient (Wildman–Crippen LogP) is 6.08. The maximum atomic E-state index is 12.0. The number of unbranched alkanes of at least 4 members (excludes halogenated alkanes) is 2. The lowest BCUT2D eigenvalue weighted by molar-refractivity contribution is -0.141. The smallest absolute Gasteiger partial charge is 0.311 e. The summed E-state index contributed by atoms with van der Waals surface area (Å²) in [6.07, 6.45) is 4.47. The Morgan fingerprint density at radius 2 is 1.29 bits per heavy atom. The molecule has 3 aromatic carbocycles. The van der Waals surface area contributed by atoms with Crippen molar-refractivity contribution in [2.75, 3.05) is 6.61 Å². The largest absolute Gasteiger partial charge is 0.489 e. The topological polar surface area (TPSA) is 61.8 Å². The molecule has 0 unspecified atom stereocenters. The van der Waals surface area contributed by atoms with Gasteiger partial charge in [0.15, 0.2) is 0 Å². The molecule has 0 aliphatic carbocycles. The number of esters is 2. The summed E-state index contributed by atoms with van der Waals surface area (Å²) >= 11 is 0. The molecule has 0 saturated heterocycles. The van der Waals surface area contributed by atoms with Gasteiger partial charge in [-0.3, -0.25) is 9.59 Å². The van der Waals surface area contributed by atoms with Crippen LogP contribution in [0.3, 0.4) is 0 Å². The Balaban J connectivity index is 1.34. The van der Waals surface area contributed by atoms with Crippen molar-refractivity contribution in [3.63, 3.8) is 0 Å². The molecule has 0 heterocycles. The number of carbonyl (C=O) groups is 2. The third kappa shape index (κ3) is 9.49. The molecule has 0 radical (unpaired) electrons. The summed E-state index contributed by atoms with van der Waals surface area (Å²) in [4.78, 5) is 22.7. The average molecular weight is 461 g/mol. The summed E-state index contributed by atoms with van der Waals surface area (Å²) in [6.45, 7) is 2.36. The second-order valence-corrected chi connectivity index (χ2v) is 8.19. The van der Waals surface area contributed by atoms with E-state index in [1.54, 1.807) is 0 Å². The van der Waals surface area contributed by atoms with Gasteiger partial charge in [-0.2, -0.15) is 0 Å². The molecule has 0 spiro atoms. The van der Waals surface area contributed by atoms with Crippen molar-refractivity contribution in [3.05, 3.63) is 95.6 Å². The van der Waals surface area contributed by atoms with Gasteiger partial charge in [-0.05, 0) is 73.1 Å². The molecule has 0 atom stereocenters. The molecule has 5 heteroatoms. The molecule has 3 rings (SSSR count). The Hall–Kier alpha value is -3.60. The Bertz CT molecular complexity index is 1010. The van der Waals surface area contributed by atoms with E-state index >= 15 is 0 Å². The minimum absolute atomic E-state index is 0.241. The molecule has 0 aliphatic rings. The highest BCUT2D eigenvalue weighted by molar-refractivity contribution is 5.72. The summed E-state index contributed by atoms with van der Waals surface area (Å²) in [5.41, 5.74) is 3.59. The third-order valence-electron chi connectivity index (χ3n) is 5.36. The first-order valence-electron chi connectivity index (χ1n) is 11.8. The molecule has 0 amide bonds. The van der Waals surface area contributed by atoms with E-state index in [1.165, 1.54) is 18.1 Å². The van der Waals surface area contributed by atoms with Gasteiger partial charge in [0.05, 0.1) is 6.61 Å². The lowest BCUT2D eigenvalue weighted by Crippen LogP contribution is -2.08. The van der Waals surface area contributed by atoms with Crippen LogP contribution in [-0.2, 0) is 33.8 Å². The van der Waals surface area contributed by atoms with Gasteiger partial charge in [0.25, 0.3) is 0 Å². The van der Waals surface area contributed by atoms with Crippen molar-refractivity contribution < 1.29 is 23.8 Å². The van der Waals surface area contributed by atoms with E-state index in [2.05, 4.69) is 24.3 Å². The van der Waals surface area contributed by atoms with Crippen LogP contribution in [0.2, 0.25) is 0 Å². The van der Waals surface area contributed by atoms with Crippen LogP contribution in [0, 0.1) is 0 Å². The number of hydrogen-bond acceptors (Lipinski definition) is 5. The minimum atomic E-state index is -0.273. The molecule has 5 nitrogen and oxygen atoms in total. The summed E-state index contributed by atoms with van der Waals surface area (Å²) in [5.74, 6) is 0.913. The van der Waals surface area contributed by atoms with Gasteiger partial charge >= 0.3 is 11.9 Å². The Kier molecular flexibility index (Phi) is 10.2. The molecule has 178 valence electrons. The van der Waals surface area contributed by atoms with E-state index in [1.807, 2.05) is 54.6 Å². The lowest BCUT2D eigenvalue weighted by Gasteiger charge is -2.08. The first kappa shape index (κ1) is 25.0. The summed E-state index contributed by atoms with van der Waals surface area (Å²) in [6, 6.07) is 26.0. The van der Waals surface area contributed by atoms with E-state index in [0.717, 1.165) is 37.0 Å². The highest BCUT2D eigenvalue weighted by Crippen LogP contribution is 2.18. The molecule has 0 fully saturated rings. The van der Waals surface area contributed by atoms with Gasteiger partial charge in [0.1, 0.15) is 18.1 Å². The molecule has 0 aliphatic heterocycles. The zero-order valence-corrected chi connectivity index (χ0v) is 19.7. The zero-order chi connectivity index (χ0) is 24.0. The number of aryl methyl sites for hydroxylation is 2. The average Bonchev–Trinajstić information content (AvgIpc) is 2.85. The van der Waals surface area contributed by atoms with Gasteiger partial charge < -0.3 is 14.2 Å². The number of benzene rings is 3. The quantitative estimate of drug-likeness (QED) is 0.176. The Morgan fingerprint density at radius 3 is 1.91 bits per heavy atom. The number of hydrogen-bond donors (Lipinski definition) is 0. The molecule has 0 aromatic heterocycles. The summed E-state index contributed by atoms with van der Waals surface area (Å²) in [5, 5.41) is 0. The second-order valence-electron chi connectivity index (χ2n) is 8.19. The zero-order valence-electron chi connectivity index (χ0n) is 19.7. The standard InChI is InChI=1S/C29H32O5/c1-23(30)32-21-7-3-6-10-29(31)34-28-19-15-25(16-20-28)12-11-24-13-17-27(18-14-24)33-22-26-8-4-2-5-9-26/h2,4-5,8-9,13-20H,3,6-7,10-12,21-22H2,1H3. The molecular formula is C29H32O5. The van der Waals surface area contributed by atoms with E-state index in [0.29, 0.717) is 31.8 Å². The predicted molar refractivity (Wildman–Crippen MR) is 132 cm³/mol. The van der Waals surface area contributed by atoms with Crippen molar-refractivity contribution in [2.45, 2.75) is 52.1 Å². The first-order chi connectivity index (χ1) is 16.6. The van der Waals surface area contributed by atoms with Crippen molar-refractivity contribution in [2.24, 2.45) is 0 Å². The molecule has 3 aromatic rings. The van der Waals surface area contributed by atoms with Crippen LogP contribution in [0.15, 0.2) is 78.9 Å².